The van der Waals surface area contributed by atoms with Crippen molar-refractivity contribution in [3.63, 3.8) is 0 Å². The van der Waals surface area contributed by atoms with Crippen LogP contribution in [-0.2, 0) is 0 Å². The van der Waals surface area contributed by atoms with E-state index in [4.69, 9.17) is 0 Å². The molecule has 1 heterocycles. The van der Waals surface area contributed by atoms with Crippen LogP contribution in [0.1, 0.15) is 51.9 Å². The maximum atomic E-state index is 3.51. The molecule has 1 aliphatic carbocycles. The SMILES string of the molecule is CCCC1CCN(C2CCCC2NC)CC1. The number of piperidine rings is 1. The Bertz CT molecular complexity index is 197. The zero-order chi connectivity index (χ0) is 11.4. The normalized spacial score (nSPS) is 33.4. The number of likely N-dealkylation sites (N-methyl/N-ethyl adjacent to an activating group) is 1. The van der Waals surface area contributed by atoms with Gasteiger partial charge in [0, 0.05) is 12.1 Å². The molecule has 0 radical (unpaired) electrons. The van der Waals surface area contributed by atoms with Gasteiger partial charge in [0.25, 0.3) is 0 Å². The summed E-state index contributed by atoms with van der Waals surface area (Å²) in [4.78, 5) is 2.76. The maximum Gasteiger partial charge on any atom is 0.0249 e. The fourth-order valence-corrected chi connectivity index (χ4v) is 3.70. The Labute approximate surface area is 101 Å². The summed E-state index contributed by atoms with van der Waals surface area (Å²) in [6.07, 6.45) is 9.94. The molecule has 1 saturated heterocycles. The standard InChI is InChI=1S/C14H28N2/c1-3-5-12-8-10-16(11-9-12)14-7-4-6-13(14)15-2/h12-15H,3-11H2,1-2H3. The molecule has 2 rings (SSSR count). The quantitative estimate of drug-likeness (QED) is 0.790. The average molecular weight is 224 g/mol. The van der Waals surface area contributed by atoms with E-state index in [9.17, 15) is 0 Å². The van der Waals surface area contributed by atoms with Gasteiger partial charge in [0.05, 0.1) is 0 Å². The number of likely N-dealkylation sites (tertiary alicyclic amines) is 1. The fraction of sp³-hybridized carbons (Fsp3) is 1.00. The van der Waals surface area contributed by atoms with Crippen LogP contribution in [0.5, 0.6) is 0 Å². The van der Waals surface area contributed by atoms with Gasteiger partial charge in [-0.3, -0.25) is 4.90 Å². The van der Waals surface area contributed by atoms with Crippen molar-refractivity contribution in [1.82, 2.24) is 10.2 Å². The first-order chi connectivity index (χ1) is 7.85. The predicted octanol–water partition coefficient (Wildman–Crippen LogP) is 2.64. The molecule has 1 saturated carbocycles. The lowest BCUT2D eigenvalue weighted by Crippen LogP contribution is -2.48. The second-order valence-electron chi connectivity index (χ2n) is 5.66. The van der Waals surface area contributed by atoms with Crippen molar-refractivity contribution in [3.8, 4) is 0 Å². The largest absolute Gasteiger partial charge is 0.315 e. The smallest absolute Gasteiger partial charge is 0.0249 e. The Hall–Kier alpha value is -0.0800. The second kappa shape index (κ2) is 6.02. The summed E-state index contributed by atoms with van der Waals surface area (Å²) in [7, 11) is 2.13. The van der Waals surface area contributed by atoms with Crippen LogP contribution < -0.4 is 5.32 Å². The molecule has 2 unspecified atom stereocenters. The molecule has 94 valence electrons. The van der Waals surface area contributed by atoms with Crippen LogP contribution in [-0.4, -0.2) is 37.1 Å². The first-order valence-corrected chi connectivity index (χ1v) is 7.26. The molecule has 2 aliphatic rings. The van der Waals surface area contributed by atoms with Crippen LogP contribution in [0.15, 0.2) is 0 Å². The third kappa shape index (κ3) is 2.78. The van der Waals surface area contributed by atoms with E-state index in [0.29, 0.717) is 0 Å². The van der Waals surface area contributed by atoms with Crippen LogP contribution in [0.3, 0.4) is 0 Å². The van der Waals surface area contributed by atoms with Crippen molar-refractivity contribution in [1.29, 1.82) is 0 Å². The van der Waals surface area contributed by atoms with Crippen LogP contribution in [0, 0.1) is 5.92 Å². The van der Waals surface area contributed by atoms with Crippen molar-refractivity contribution in [3.05, 3.63) is 0 Å². The molecule has 0 bridgehead atoms. The number of nitrogens with zero attached hydrogens (tertiary/aromatic N) is 1. The minimum Gasteiger partial charge on any atom is -0.315 e. The van der Waals surface area contributed by atoms with E-state index >= 15 is 0 Å². The molecular weight excluding hydrogens is 196 g/mol. The minimum absolute atomic E-state index is 0.766. The fourth-order valence-electron chi connectivity index (χ4n) is 3.70. The third-order valence-electron chi connectivity index (χ3n) is 4.67. The summed E-state index contributed by atoms with van der Waals surface area (Å²) in [6, 6.07) is 1.61. The van der Waals surface area contributed by atoms with E-state index in [1.165, 1.54) is 58.0 Å². The summed E-state index contributed by atoms with van der Waals surface area (Å²) in [5.74, 6) is 1.02. The number of hydrogen-bond acceptors (Lipinski definition) is 2. The Morgan fingerprint density at radius 3 is 2.50 bits per heavy atom. The maximum absolute atomic E-state index is 3.51. The van der Waals surface area contributed by atoms with Gasteiger partial charge in [-0.1, -0.05) is 26.2 Å². The monoisotopic (exact) mass is 224 g/mol. The van der Waals surface area contributed by atoms with E-state index in [1.54, 1.807) is 0 Å². The number of rotatable bonds is 4. The van der Waals surface area contributed by atoms with Gasteiger partial charge in [-0.05, 0) is 51.7 Å². The topological polar surface area (TPSA) is 15.3 Å². The van der Waals surface area contributed by atoms with Gasteiger partial charge < -0.3 is 5.32 Å². The molecule has 1 N–H and O–H groups in total. The summed E-state index contributed by atoms with van der Waals surface area (Å²) in [5.41, 5.74) is 0. The molecule has 2 atom stereocenters. The Kier molecular flexibility index (Phi) is 4.66. The van der Waals surface area contributed by atoms with Crippen LogP contribution in [0.2, 0.25) is 0 Å². The van der Waals surface area contributed by atoms with E-state index in [-0.39, 0.29) is 0 Å². The molecule has 0 aromatic carbocycles. The molecule has 0 aromatic rings. The number of nitrogens with one attached hydrogen (secondary N) is 1. The highest BCUT2D eigenvalue weighted by molar-refractivity contribution is 4.91. The molecule has 2 nitrogen and oxygen atoms in total. The number of hydrogen-bond donors (Lipinski definition) is 1. The van der Waals surface area contributed by atoms with Gasteiger partial charge in [0.1, 0.15) is 0 Å². The van der Waals surface area contributed by atoms with Gasteiger partial charge in [-0.2, -0.15) is 0 Å². The molecule has 0 spiro atoms. The van der Waals surface area contributed by atoms with E-state index in [2.05, 4.69) is 24.2 Å². The lowest BCUT2D eigenvalue weighted by atomic mass is 9.91. The summed E-state index contributed by atoms with van der Waals surface area (Å²) in [6.45, 7) is 5.03. The molecule has 2 heteroatoms. The second-order valence-corrected chi connectivity index (χ2v) is 5.66. The highest BCUT2D eigenvalue weighted by Gasteiger charge is 2.32. The Morgan fingerprint density at radius 2 is 1.88 bits per heavy atom. The molecule has 0 aromatic heterocycles. The van der Waals surface area contributed by atoms with E-state index in [0.717, 1.165) is 18.0 Å². The molecule has 1 aliphatic heterocycles. The van der Waals surface area contributed by atoms with Crippen molar-refractivity contribution in [2.24, 2.45) is 5.92 Å². The first-order valence-electron chi connectivity index (χ1n) is 7.26. The highest BCUT2D eigenvalue weighted by Crippen LogP contribution is 2.29. The first kappa shape index (κ1) is 12.4. The molecule has 16 heavy (non-hydrogen) atoms. The minimum atomic E-state index is 0.766. The van der Waals surface area contributed by atoms with Crippen molar-refractivity contribution in [2.75, 3.05) is 20.1 Å². The Morgan fingerprint density at radius 1 is 1.12 bits per heavy atom. The van der Waals surface area contributed by atoms with E-state index in [1.807, 2.05) is 0 Å². The van der Waals surface area contributed by atoms with Crippen molar-refractivity contribution in [2.45, 2.75) is 64.0 Å². The average Bonchev–Trinajstić information content (AvgIpc) is 2.78. The lowest BCUT2D eigenvalue weighted by molar-refractivity contribution is 0.116. The van der Waals surface area contributed by atoms with Crippen LogP contribution in [0.4, 0.5) is 0 Å². The predicted molar refractivity (Wildman–Crippen MR) is 69.7 cm³/mol. The van der Waals surface area contributed by atoms with Gasteiger partial charge in [0.15, 0.2) is 0 Å². The van der Waals surface area contributed by atoms with Crippen LogP contribution in [0.25, 0.3) is 0 Å². The summed E-state index contributed by atoms with van der Waals surface area (Å²) < 4.78 is 0. The van der Waals surface area contributed by atoms with Crippen LogP contribution >= 0.6 is 0 Å². The zero-order valence-corrected chi connectivity index (χ0v) is 11.0. The van der Waals surface area contributed by atoms with Gasteiger partial charge >= 0.3 is 0 Å². The third-order valence-corrected chi connectivity index (χ3v) is 4.67. The summed E-state index contributed by atoms with van der Waals surface area (Å²) in [5, 5.41) is 3.51. The van der Waals surface area contributed by atoms with Crippen molar-refractivity contribution < 1.29 is 0 Å². The van der Waals surface area contributed by atoms with E-state index < -0.39 is 0 Å². The molecule has 2 fully saturated rings. The Balaban J connectivity index is 1.79. The van der Waals surface area contributed by atoms with Gasteiger partial charge in [-0.15, -0.1) is 0 Å². The zero-order valence-electron chi connectivity index (χ0n) is 11.0. The van der Waals surface area contributed by atoms with Gasteiger partial charge in [0.2, 0.25) is 0 Å². The lowest BCUT2D eigenvalue weighted by Gasteiger charge is -2.38. The highest BCUT2D eigenvalue weighted by atomic mass is 15.2. The molecular formula is C14H28N2. The van der Waals surface area contributed by atoms with Gasteiger partial charge in [-0.25, -0.2) is 0 Å². The van der Waals surface area contributed by atoms with Crippen molar-refractivity contribution >= 4 is 0 Å². The summed E-state index contributed by atoms with van der Waals surface area (Å²) >= 11 is 0. The molecule has 0 amide bonds.